The number of aromatic nitrogens is 2. The standard InChI is InChI=1S/C45H25N5/c1-48-40-19-10-18-37(45(40)50-43-22-7-4-15-36(43)38-25-29(27-46)23-24-44(38)50)33-17-9-16-32(39(33)28-47)30-11-8-12-31(26-30)49-41-20-5-2-13-34(41)35-14-3-6-21-42(35)49/h2-26H. The van der Waals surface area contributed by atoms with Crippen LogP contribution in [-0.4, -0.2) is 9.13 Å². The summed E-state index contributed by atoms with van der Waals surface area (Å²) < 4.78 is 4.38. The van der Waals surface area contributed by atoms with Gasteiger partial charge in [-0.1, -0.05) is 103 Å². The molecule has 0 saturated carbocycles. The molecule has 0 bridgehead atoms. The number of hydrogen-bond acceptors (Lipinski definition) is 2. The van der Waals surface area contributed by atoms with Crippen molar-refractivity contribution in [2.24, 2.45) is 0 Å². The van der Waals surface area contributed by atoms with E-state index >= 15 is 0 Å². The number of fused-ring (bicyclic) bond motifs is 6. The highest BCUT2D eigenvalue weighted by molar-refractivity contribution is 6.11. The highest BCUT2D eigenvalue weighted by Gasteiger charge is 2.22. The first-order chi connectivity index (χ1) is 24.7. The van der Waals surface area contributed by atoms with Crippen LogP contribution in [0.3, 0.4) is 0 Å². The average Bonchev–Trinajstić information content (AvgIpc) is 3.69. The molecule has 0 aliphatic carbocycles. The molecule has 5 nitrogen and oxygen atoms in total. The molecule has 9 rings (SSSR count). The molecule has 5 heteroatoms. The second-order valence-electron chi connectivity index (χ2n) is 12.2. The SMILES string of the molecule is [C-]#[N+]c1cccc(-c2cccc(-c3cccc(-n4c5ccccc5c5ccccc54)c3)c2C#N)c1-n1c2ccccc2c2cc(C#N)ccc21. The topological polar surface area (TPSA) is 61.8 Å². The van der Waals surface area contributed by atoms with E-state index in [1.54, 1.807) is 0 Å². The van der Waals surface area contributed by atoms with Crippen LogP contribution in [0, 0.1) is 29.2 Å². The van der Waals surface area contributed by atoms with Crippen molar-refractivity contribution in [3.63, 3.8) is 0 Å². The van der Waals surface area contributed by atoms with Crippen molar-refractivity contribution in [3.8, 4) is 45.8 Å². The fraction of sp³-hybridized carbons (Fsp3) is 0. The maximum Gasteiger partial charge on any atom is 0.211 e. The van der Waals surface area contributed by atoms with E-state index in [1.165, 1.54) is 10.8 Å². The molecule has 0 amide bonds. The first-order valence-electron chi connectivity index (χ1n) is 16.3. The van der Waals surface area contributed by atoms with Crippen LogP contribution in [0.15, 0.2) is 152 Å². The monoisotopic (exact) mass is 635 g/mol. The number of rotatable bonds is 4. The van der Waals surface area contributed by atoms with E-state index in [0.717, 1.165) is 60.8 Å². The molecule has 230 valence electrons. The summed E-state index contributed by atoms with van der Waals surface area (Å²) in [6.07, 6.45) is 0. The van der Waals surface area contributed by atoms with Crippen LogP contribution in [0.25, 0.3) is 82.1 Å². The summed E-state index contributed by atoms with van der Waals surface area (Å²) in [5.41, 5.74) is 10.6. The second kappa shape index (κ2) is 11.4. The van der Waals surface area contributed by atoms with Gasteiger partial charge in [-0.15, -0.1) is 0 Å². The lowest BCUT2D eigenvalue weighted by Gasteiger charge is -2.18. The number of nitriles is 2. The van der Waals surface area contributed by atoms with Crippen LogP contribution in [0.1, 0.15) is 11.1 Å². The quantitative estimate of drug-likeness (QED) is 0.181. The molecule has 0 N–H and O–H groups in total. The Labute approximate surface area is 288 Å². The molecule has 9 aromatic rings. The minimum absolute atomic E-state index is 0.470. The number of nitrogens with zero attached hydrogens (tertiary/aromatic N) is 5. The zero-order chi connectivity index (χ0) is 33.8. The first-order valence-corrected chi connectivity index (χ1v) is 16.3. The van der Waals surface area contributed by atoms with Crippen LogP contribution in [0.5, 0.6) is 0 Å². The van der Waals surface area contributed by atoms with E-state index in [1.807, 2.05) is 91.0 Å². The Hall–Kier alpha value is -7.39. The predicted octanol–water partition coefficient (Wildman–Crippen LogP) is 11.5. The lowest BCUT2D eigenvalue weighted by atomic mass is 9.91. The van der Waals surface area contributed by atoms with Crippen molar-refractivity contribution >= 4 is 49.3 Å². The van der Waals surface area contributed by atoms with Crippen molar-refractivity contribution in [1.82, 2.24) is 9.13 Å². The number of para-hydroxylation sites is 4. The van der Waals surface area contributed by atoms with Gasteiger partial charge in [-0.2, -0.15) is 10.5 Å². The summed E-state index contributed by atoms with van der Waals surface area (Å²) in [6.45, 7) is 8.21. The lowest BCUT2D eigenvalue weighted by molar-refractivity contribution is 1.18. The Morgan fingerprint density at radius 2 is 1.06 bits per heavy atom. The maximum absolute atomic E-state index is 10.9. The highest BCUT2D eigenvalue weighted by atomic mass is 15.0. The highest BCUT2D eigenvalue weighted by Crippen LogP contribution is 2.43. The normalized spacial score (nSPS) is 11.1. The van der Waals surface area contributed by atoms with Crippen LogP contribution < -0.4 is 0 Å². The van der Waals surface area contributed by atoms with Crippen molar-refractivity contribution in [2.45, 2.75) is 0 Å². The summed E-state index contributed by atoms with van der Waals surface area (Å²) in [5.74, 6) is 0. The fourth-order valence-electron chi connectivity index (χ4n) is 7.51. The van der Waals surface area contributed by atoms with Crippen molar-refractivity contribution < 1.29 is 0 Å². The van der Waals surface area contributed by atoms with Crippen molar-refractivity contribution in [1.29, 1.82) is 10.5 Å². The molecule has 0 atom stereocenters. The largest absolute Gasteiger partial charge is 0.318 e. The Morgan fingerprint density at radius 1 is 0.480 bits per heavy atom. The van der Waals surface area contributed by atoms with Gasteiger partial charge in [0.15, 0.2) is 0 Å². The smallest absolute Gasteiger partial charge is 0.211 e. The third-order valence-electron chi connectivity index (χ3n) is 9.62. The summed E-state index contributed by atoms with van der Waals surface area (Å²) in [7, 11) is 0. The van der Waals surface area contributed by atoms with Gasteiger partial charge in [0.05, 0.1) is 51.5 Å². The van der Waals surface area contributed by atoms with E-state index in [9.17, 15) is 10.5 Å². The van der Waals surface area contributed by atoms with E-state index in [4.69, 9.17) is 6.57 Å². The van der Waals surface area contributed by atoms with Crippen molar-refractivity contribution in [3.05, 3.63) is 174 Å². The van der Waals surface area contributed by atoms with E-state index in [0.29, 0.717) is 22.5 Å². The van der Waals surface area contributed by atoms with Gasteiger partial charge >= 0.3 is 0 Å². The third kappa shape index (κ3) is 4.24. The van der Waals surface area contributed by atoms with Crippen LogP contribution >= 0.6 is 0 Å². The van der Waals surface area contributed by atoms with Gasteiger partial charge in [0.1, 0.15) is 6.07 Å². The van der Waals surface area contributed by atoms with Gasteiger partial charge in [-0.25, -0.2) is 4.85 Å². The fourth-order valence-corrected chi connectivity index (χ4v) is 7.51. The predicted molar refractivity (Wildman–Crippen MR) is 202 cm³/mol. The molecule has 0 spiro atoms. The van der Waals surface area contributed by atoms with Gasteiger partial charge in [0, 0.05) is 38.4 Å². The molecule has 0 aliphatic rings. The average molecular weight is 636 g/mol. The van der Waals surface area contributed by atoms with Crippen LogP contribution in [-0.2, 0) is 0 Å². The zero-order valence-corrected chi connectivity index (χ0v) is 26.7. The Balaban J connectivity index is 1.28. The summed E-state index contributed by atoms with van der Waals surface area (Å²) in [4.78, 5) is 3.98. The van der Waals surface area contributed by atoms with Gasteiger partial charge in [0.2, 0.25) is 5.69 Å². The minimum atomic E-state index is 0.470. The molecule has 0 radical (unpaired) electrons. The van der Waals surface area contributed by atoms with Crippen LogP contribution in [0.4, 0.5) is 5.69 Å². The number of benzene rings is 7. The van der Waals surface area contributed by atoms with Gasteiger partial charge in [-0.3, -0.25) is 0 Å². The molecule has 0 aliphatic heterocycles. The molecule has 2 aromatic heterocycles. The molecule has 50 heavy (non-hydrogen) atoms. The molecular weight excluding hydrogens is 611 g/mol. The molecule has 7 aromatic carbocycles. The van der Waals surface area contributed by atoms with Gasteiger partial charge in [0.25, 0.3) is 0 Å². The molecule has 2 heterocycles. The second-order valence-corrected chi connectivity index (χ2v) is 12.2. The van der Waals surface area contributed by atoms with Gasteiger partial charge < -0.3 is 9.13 Å². The number of hydrogen-bond donors (Lipinski definition) is 0. The maximum atomic E-state index is 10.9. The first kappa shape index (κ1) is 28.8. The van der Waals surface area contributed by atoms with E-state index < -0.39 is 0 Å². The van der Waals surface area contributed by atoms with Crippen molar-refractivity contribution in [2.75, 3.05) is 0 Å². The molecule has 0 fully saturated rings. The minimum Gasteiger partial charge on any atom is -0.318 e. The van der Waals surface area contributed by atoms with E-state index in [-0.39, 0.29) is 0 Å². The Morgan fingerprint density at radius 3 is 1.74 bits per heavy atom. The summed E-state index contributed by atoms with van der Waals surface area (Å²) in [6, 6.07) is 55.4. The molecule has 0 unspecified atom stereocenters. The molecule has 0 saturated heterocycles. The van der Waals surface area contributed by atoms with E-state index in [2.05, 4.69) is 86.8 Å². The van der Waals surface area contributed by atoms with Crippen LogP contribution in [0.2, 0.25) is 0 Å². The Kier molecular flexibility index (Phi) is 6.56. The molecular formula is C45H25N5. The third-order valence-corrected chi connectivity index (χ3v) is 9.62. The Bertz CT molecular complexity index is 2920. The lowest BCUT2D eigenvalue weighted by Crippen LogP contribution is -2.00. The van der Waals surface area contributed by atoms with Gasteiger partial charge in [-0.05, 0) is 59.7 Å². The summed E-state index contributed by atoms with van der Waals surface area (Å²) >= 11 is 0. The zero-order valence-electron chi connectivity index (χ0n) is 26.7. The summed E-state index contributed by atoms with van der Waals surface area (Å²) in [5, 5.41) is 24.8.